The highest BCUT2D eigenvalue weighted by atomic mass is 35.5. The third-order valence-electron chi connectivity index (χ3n) is 3.70. The Morgan fingerprint density at radius 1 is 1.48 bits per heavy atom. The molecule has 0 aliphatic carbocycles. The molecule has 1 saturated heterocycles. The number of aliphatic hydroxyl groups is 3. The third-order valence-corrected chi connectivity index (χ3v) is 4.05. The quantitative estimate of drug-likeness (QED) is 0.436. The average molecular weight is 342 g/mol. The minimum Gasteiger partial charge on any atom is -0.394 e. The van der Waals surface area contributed by atoms with Gasteiger partial charge in [-0.15, -0.1) is 5.10 Å². The Labute approximate surface area is 133 Å². The number of H-pyrrole nitrogens is 1. The number of anilines is 1. The summed E-state index contributed by atoms with van der Waals surface area (Å²) in [4.78, 5) is 15.0. The predicted octanol–water partition coefficient (Wildman–Crippen LogP) is -1.56. The van der Waals surface area contributed by atoms with Gasteiger partial charge in [-0.3, -0.25) is 4.79 Å². The highest BCUT2D eigenvalue weighted by molar-refractivity contribution is 6.35. The summed E-state index contributed by atoms with van der Waals surface area (Å²) in [5.74, 6) is -0.00444. The van der Waals surface area contributed by atoms with Gasteiger partial charge in [-0.25, -0.2) is 0 Å². The second-order valence-electron chi connectivity index (χ2n) is 5.04. The normalized spacial score (nSPS) is 27.4. The van der Waals surface area contributed by atoms with Crippen molar-refractivity contribution in [2.45, 2.75) is 24.5 Å². The van der Waals surface area contributed by atoms with Gasteiger partial charge in [-0.2, -0.15) is 9.94 Å². The van der Waals surface area contributed by atoms with E-state index in [-0.39, 0.29) is 27.4 Å². The number of ether oxygens (including phenoxy) is 1. The van der Waals surface area contributed by atoms with E-state index in [1.165, 1.54) is 0 Å². The number of hydrogen-bond donors (Lipinski definition) is 5. The number of nitrogens with zero attached hydrogens (tertiary/aromatic N) is 3. The van der Waals surface area contributed by atoms with Crippen LogP contribution < -0.4 is 11.3 Å². The fourth-order valence-corrected chi connectivity index (χ4v) is 2.80. The first-order chi connectivity index (χ1) is 10.9. The van der Waals surface area contributed by atoms with Crippen molar-refractivity contribution < 1.29 is 20.1 Å². The summed E-state index contributed by atoms with van der Waals surface area (Å²) >= 11 is 6.01. The van der Waals surface area contributed by atoms with Gasteiger partial charge in [0, 0.05) is 0 Å². The summed E-state index contributed by atoms with van der Waals surface area (Å²) in [5.41, 5.74) is 4.85. The maximum absolute atomic E-state index is 12.4. The van der Waals surface area contributed by atoms with Crippen molar-refractivity contribution in [3.8, 4) is 6.07 Å². The van der Waals surface area contributed by atoms with Crippen molar-refractivity contribution in [1.82, 2.24) is 14.8 Å². The van der Waals surface area contributed by atoms with Crippen LogP contribution in [0.4, 0.5) is 5.82 Å². The molecule has 0 radical (unpaired) electrons. The van der Waals surface area contributed by atoms with E-state index in [4.69, 9.17) is 32.4 Å². The molecule has 1 aliphatic rings. The Bertz CT molecular complexity index is 871. The Morgan fingerprint density at radius 2 is 2.17 bits per heavy atom. The lowest BCUT2D eigenvalue weighted by Crippen LogP contribution is -2.36. The lowest BCUT2D eigenvalue weighted by Gasteiger charge is -2.16. The second kappa shape index (κ2) is 5.48. The Morgan fingerprint density at radius 3 is 2.74 bits per heavy atom. The van der Waals surface area contributed by atoms with E-state index in [0.717, 1.165) is 4.68 Å². The second-order valence-corrected chi connectivity index (χ2v) is 5.42. The molecule has 3 rings (SSSR count). The SMILES string of the molecule is N#Cc1c(N)[nH]c2nn([C@@H]3O[C@H](CO)[C@@H](O)[C@H]3O)c(=O)c(Cl)c12. The molecular formula is C12H12ClN5O5. The van der Waals surface area contributed by atoms with Crippen LogP contribution in [0.2, 0.25) is 5.02 Å². The van der Waals surface area contributed by atoms with E-state index in [1.807, 2.05) is 6.07 Å². The lowest BCUT2D eigenvalue weighted by molar-refractivity contribution is -0.0605. The molecule has 0 bridgehead atoms. The van der Waals surface area contributed by atoms with Crippen molar-refractivity contribution in [1.29, 1.82) is 5.26 Å². The molecule has 0 amide bonds. The highest BCUT2D eigenvalue weighted by Gasteiger charge is 2.44. The molecule has 23 heavy (non-hydrogen) atoms. The summed E-state index contributed by atoms with van der Waals surface area (Å²) in [6, 6.07) is 1.82. The molecule has 2 aromatic rings. The summed E-state index contributed by atoms with van der Waals surface area (Å²) in [6.45, 7) is -0.548. The van der Waals surface area contributed by atoms with Crippen LogP contribution in [0.3, 0.4) is 0 Å². The van der Waals surface area contributed by atoms with Crippen molar-refractivity contribution >= 4 is 28.5 Å². The zero-order chi connectivity index (χ0) is 16.9. The first-order valence-corrected chi connectivity index (χ1v) is 6.90. The molecule has 3 heterocycles. The summed E-state index contributed by atoms with van der Waals surface area (Å²) in [6.07, 6.45) is -5.29. The number of rotatable bonds is 2. The Balaban J connectivity index is 2.19. The number of halogens is 1. The van der Waals surface area contributed by atoms with Crippen LogP contribution in [0.25, 0.3) is 11.0 Å². The zero-order valence-corrected chi connectivity index (χ0v) is 12.2. The lowest BCUT2D eigenvalue weighted by atomic mass is 10.1. The van der Waals surface area contributed by atoms with Gasteiger partial charge in [-0.1, -0.05) is 11.6 Å². The maximum Gasteiger partial charge on any atom is 0.288 e. The van der Waals surface area contributed by atoms with Crippen LogP contribution >= 0.6 is 11.6 Å². The zero-order valence-electron chi connectivity index (χ0n) is 11.5. The summed E-state index contributed by atoms with van der Waals surface area (Å²) in [7, 11) is 0. The summed E-state index contributed by atoms with van der Waals surface area (Å²) < 4.78 is 5.99. The summed E-state index contributed by atoms with van der Waals surface area (Å²) in [5, 5.41) is 41.6. The first-order valence-electron chi connectivity index (χ1n) is 6.52. The van der Waals surface area contributed by atoms with Gasteiger partial charge in [0.25, 0.3) is 5.56 Å². The first kappa shape index (κ1) is 15.7. The van der Waals surface area contributed by atoms with Gasteiger partial charge >= 0.3 is 0 Å². The monoisotopic (exact) mass is 341 g/mol. The largest absolute Gasteiger partial charge is 0.394 e. The van der Waals surface area contributed by atoms with E-state index in [2.05, 4.69) is 10.1 Å². The Kier molecular flexibility index (Phi) is 3.75. The van der Waals surface area contributed by atoms with Gasteiger partial charge in [0.15, 0.2) is 11.9 Å². The van der Waals surface area contributed by atoms with Crippen molar-refractivity contribution in [2.24, 2.45) is 0 Å². The van der Waals surface area contributed by atoms with Crippen LogP contribution in [0, 0.1) is 11.3 Å². The smallest absolute Gasteiger partial charge is 0.288 e. The molecule has 11 heteroatoms. The standard InChI is InChI=1S/C12H12ClN5O5/c13-6-5-3(1-14)9(15)16-10(5)17-18(11(6)22)12-8(21)7(20)4(2-19)23-12/h4,7-8,12,19-21H,2,15H2,(H,16,17)/t4-,7-,8-,12-/m1/s1. The molecule has 4 atom stereocenters. The molecule has 6 N–H and O–H groups in total. The van der Waals surface area contributed by atoms with Gasteiger partial charge < -0.3 is 30.8 Å². The minimum atomic E-state index is -1.49. The van der Waals surface area contributed by atoms with Gasteiger partial charge in [0.2, 0.25) is 0 Å². The fraction of sp³-hybridized carbons (Fsp3) is 0.417. The van der Waals surface area contributed by atoms with E-state index in [9.17, 15) is 15.0 Å². The van der Waals surface area contributed by atoms with Crippen molar-refractivity contribution in [3.63, 3.8) is 0 Å². The van der Waals surface area contributed by atoms with Crippen LogP contribution in [0.15, 0.2) is 4.79 Å². The van der Waals surface area contributed by atoms with Crippen LogP contribution in [-0.4, -0.2) is 55.0 Å². The number of nitrogens with one attached hydrogen (secondary N) is 1. The minimum absolute atomic E-state index is 0.00444. The molecule has 0 saturated carbocycles. The van der Waals surface area contributed by atoms with Gasteiger partial charge in [0.05, 0.1) is 12.0 Å². The molecule has 0 spiro atoms. The topological polar surface area (TPSA) is 170 Å². The number of hydrogen-bond acceptors (Lipinski definition) is 8. The molecule has 122 valence electrons. The predicted molar refractivity (Wildman–Crippen MR) is 77.5 cm³/mol. The fourth-order valence-electron chi connectivity index (χ4n) is 2.53. The molecule has 1 aliphatic heterocycles. The van der Waals surface area contributed by atoms with Crippen molar-refractivity contribution in [2.75, 3.05) is 12.3 Å². The molecule has 1 fully saturated rings. The maximum atomic E-state index is 12.4. The molecule has 0 aromatic carbocycles. The molecule has 2 aromatic heterocycles. The molecule has 10 nitrogen and oxygen atoms in total. The number of nitrogen functional groups attached to an aromatic ring is 1. The van der Waals surface area contributed by atoms with Gasteiger partial charge in [0.1, 0.15) is 40.8 Å². The van der Waals surface area contributed by atoms with E-state index < -0.39 is 36.7 Å². The number of nitriles is 1. The van der Waals surface area contributed by atoms with Crippen LogP contribution in [0.5, 0.6) is 0 Å². The van der Waals surface area contributed by atoms with E-state index >= 15 is 0 Å². The van der Waals surface area contributed by atoms with E-state index in [1.54, 1.807) is 0 Å². The number of aliphatic hydroxyl groups excluding tert-OH is 3. The molecular weight excluding hydrogens is 330 g/mol. The number of aromatic amines is 1. The van der Waals surface area contributed by atoms with Crippen LogP contribution in [-0.2, 0) is 4.74 Å². The molecule has 0 unspecified atom stereocenters. The van der Waals surface area contributed by atoms with Crippen LogP contribution in [0.1, 0.15) is 11.8 Å². The number of fused-ring (bicyclic) bond motifs is 1. The Hall–Kier alpha value is -2.16. The van der Waals surface area contributed by atoms with Crippen molar-refractivity contribution in [3.05, 3.63) is 20.9 Å². The van der Waals surface area contributed by atoms with Gasteiger partial charge in [-0.05, 0) is 0 Å². The highest BCUT2D eigenvalue weighted by Crippen LogP contribution is 2.31. The number of nitrogens with two attached hydrogens (primary N) is 1. The number of aromatic nitrogens is 3. The average Bonchev–Trinajstić information content (AvgIpc) is 3.00. The third kappa shape index (κ3) is 2.18. The van der Waals surface area contributed by atoms with E-state index in [0.29, 0.717) is 0 Å².